The molecule has 0 aliphatic rings. The minimum atomic E-state index is -1.63. The summed E-state index contributed by atoms with van der Waals surface area (Å²) in [5, 5.41) is 23.7. The Balaban J connectivity index is 0. The van der Waals surface area contributed by atoms with Crippen molar-refractivity contribution in [2.75, 3.05) is 6.61 Å². The summed E-state index contributed by atoms with van der Waals surface area (Å²) in [6, 6.07) is 0. The van der Waals surface area contributed by atoms with Crippen LogP contribution in [0.15, 0.2) is 0 Å². The molecule has 0 bridgehead atoms. The molecule has 1 atom stereocenters. The van der Waals surface area contributed by atoms with E-state index >= 15 is 0 Å². The van der Waals surface area contributed by atoms with Gasteiger partial charge in [0, 0.05) is 0 Å². The van der Waals surface area contributed by atoms with Gasteiger partial charge in [0.05, 0.1) is 6.61 Å². The van der Waals surface area contributed by atoms with Crippen molar-refractivity contribution in [3.8, 4) is 0 Å². The van der Waals surface area contributed by atoms with Crippen molar-refractivity contribution in [2.24, 2.45) is 0 Å². The Kier molecular flexibility index (Phi) is 8.27. The molecule has 0 spiro atoms. The quantitative estimate of drug-likeness (QED) is 0.395. The van der Waals surface area contributed by atoms with E-state index in [0.717, 1.165) is 0 Å². The summed E-state index contributed by atoms with van der Waals surface area (Å²) in [5.74, 6) is -1.40. The van der Waals surface area contributed by atoms with E-state index in [0.29, 0.717) is 0 Å². The molecule has 0 aliphatic carbocycles. The summed E-state index contributed by atoms with van der Waals surface area (Å²) in [6.07, 6.45) is -1.63. The van der Waals surface area contributed by atoms with Crippen molar-refractivity contribution in [1.29, 1.82) is 0 Å². The van der Waals surface area contributed by atoms with Crippen LogP contribution in [0.3, 0.4) is 0 Å². The Morgan fingerprint density at radius 2 is 2.00 bits per heavy atom. The van der Waals surface area contributed by atoms with Crippen LogP contribution in [-0.2, 0) is 4.79 Å². The molecule has 5 heteroatoms. The molecule has 0 aromatic rings. The van der Waals surface area contributed by atoms with Crippen LogP contribution in [0.4, 0.5) is 0 Å². The average molecular weight is 146 g/mol. The number of aliphatic hydroxyl groups excluding tert-OH is 2. The van der Waals surface area contributed by atoms with Gasteiger partial charge in [0.15, 0.2) is 6.10 Å². The number of carboxylic acid groups (broad SMARTS) is 1. The van der Waals surface area contributed by atoms with E-state index in [2.05, 4.69) is 0 Å². The molecule has 0 fully saturated rings. The third-order valence-corrected chi connectivity index (χ3v) is 0.458. The predicted molar refractivity (Wildman–Crippen MR) is 26.5 cm³/mol. The molecule has 0 heterocycles. The Morgan fingerprint density at radius 1 is 1.62 bits per heavy atom. The second-order valence-electron chi connectivity index (χ2n) is 1.04. The largest absolute Gasteiger partial charge is 2.00 e. The number of hydrogen-bond acceptors (Lipinski definition) is 3. The topological polar surface area (TPSA) is 77.8 Å². The molecule has 8 heavy (non-hydrogen) atoms. The molecule has 42 valence electrons. The molecule has 0 aromatic heterocycles. The fraction of sp³-hybridized carbons (Fsp3) is 0.667. The molecule has 0 saturated heterocycles. The van der Waals surface area contributed by atoms with Gasteiger partial charge in [0.2, 0.25) is 0 Å². The van der Waals surface area contributed by atoms with E-state index in [-0.39, 0.29) is 37.7 Å². The maximum Gasteiger partial charge on any atom is 2.00 e. The summed E-state index contributed by atoms with van der Waals surface area (Å²) in [4.78, 5) is 9.52. The van der Waals surface area contributed by atoms with Crippen molar-refractivity contribution >= 4 is 43.7 Å². The van der Waals surface area contributed by atoms with Gasteiger partial charge in [-0.3, -0.25) is 0 Å². The van der Waals surface area contributed by atoms with Crippen LogP contribution in [0.25, 0.3) is 0 Å². The van der Waals surface area contributed by atoms with Gasteiger partial charge in [0.1, 0.15) is 0 Å². The Morgan fingerprint density at radius 3 is 2.00 bits per heavy atom. The molecular formula is C3H6CaO4+2. The number of hydrogen-bond donors (Lipinski definition) is 3. The van der Waals surface area contributed by atoms with Crippen molar-refractivity contribution < 1.29 is 20.1 Å². The van der Waals surface area contributed by atoms with Crippen LogP contribution in [0.2, 0.25) is 0 Å². The second kappa shape index (κ2) is 5.78. The Labute approximate surface area is 76.1 Å². The van der Waals surface area contributed by atoms with Crippen LogP contribution in [0, 0.1) is 0 Å². The molecule has 4 nitrogen and oxygen atoms in total. The molecule has 0 aliphatic heterocycles. The SMILES string of the molecule is O=C(O)C(O)CO.[Ca+2]. The predicted octanol–water partition coefficient (Wildman–Crippen LogP) is -1.96. The third kappa shape index (κ3) is 4.80. The molecule has 1 unspecified atom stereocenters. The number of carboxylic acids is 1. The Bertz CT molecular complexity index is 73.7. The first-order chi connectivity index (χ1) is 3.18. The van der Waals surface area contributed by atoms with E-state index in [9.17, 15) is 4.79 Å². The summed E-state index contributed by atoms with van der Waals surface area (Å²) >= 11 is 0. The normalized spacial score (nSPS) is 11.8. The number of aliphatic hydroxyl groups is 2. The van der Waals surface area contributed by atoms with E-state index < -0.39 is 18.7 Å². The van der Waals surface area contributed by atoms with Crippen molar-refractivity contribution in [1.82, 2.24) is 0 Å². The summed E-state index contributed by atoms with van der Waals surface area (Å²) in [6.45, 7) is -0.727. The zero-order valence-corrected chi connectivity index (χ0v) is 6.45. The van der Waals surface area contributed by atoms with E-state index in [1.165, 1.54) is 0 Å². The van der Waals surface area contributed by atoms with Crippen LogP contribution in [0.5, 0.6) is 0 Å². The van der Waals surface area contributed by atoms with Crippen LogP contribution in [-0.4, -0.2) is 71.7 Å². The van der Waals surface area contributed by atoms with Gasteiger partial charge < -0.3 is 15.3 Å². The number of carbonyl (C=O) groups is 1. The first kappa shape index (κ1) is 11.4. The van der Waals surface area contributed by atoms with E-state index in [4.69, 9.17) is 15.3 Å². The molecule has 0 rings (SSSR count). The van der Waals surface area contributed by atoms with Crippen LogP contribution < -0.4 is 0 Å². The van der Waals surface area contributed by atoms with Crippen molar-refractivity contribution in [3.05, 3.63) is 0 Å². The van der Waals surface area contributed by atoms with Gasteiger partial charge >= 0.3 is 43.7 Å². The van der Waals surface area contributed by atoms with Crippen LogP contribution >= 0.6 is 0 Å². The van der Waals surface area contributed by atoms with Gasteiger partial charge in [-0.1, -0.05) is 0 Å². The minimum absolute atomic E-state index is 0. The van der Waals surface area contributed by atoms with Gasteiger partial charge in [0.25, 0.3) is 0 Å². The van der Waals surface area contributed by atoms with Crippen molar-refractivity contribution in [2.45, 2.75) is 6.10 Å². The zero-order chi connectivity index (χ0) is 5.86. The standard InChI is InChI=1S/C3H6O4.Ca/c4-1-2(5)3(6)7;/h2,4-5H,1H2,(H,6,7);/q;+2. The first-order valence-corrected chi connectivity index (χ1v) is 1.70. The molecule has 0 amide bonds. The molecule has 0 aromatic carbocycles. The van der Waals surface area contributed by atoms with E-state index in [1.807, 2.05) is 0 Å². The van der Waals surface area contributed by atoms with Gasteiger partial charge in [-0.05, 0) is 0 Å². The molecule has 0 saturated carbocycles. The van der Waals surface area contributed by atoms with Gasteiger partial charge in [-0.25, -0.2) is 4.79 Å². The summed E-state index contributed by atoms with van der Waals surface area (Å²) < 4.78 is 0. The second-order valence-corrected chi connectivity index (χ2v) is 1.04. The van der Waals surface area contributed by atoms with Crippen LogP contribution in [0.1, 0.15) is 0 Å². The minimum Gasteiger partial charge on any atom is -0.479 e. The number of rotatable bonds is 2. The molecular weight excluding hydrogens is 140 g/mol. The zero-order valence-electron chi connectivity index (χ0n) is 4.24. The maximum absolute atomic E-state index is 9.52. The molecule has 3 N–H and O–H groups in total. The summed E-state index contributed by atoms with van der Waals surface area (Å²) in [7, 11) is 0. The fourth-order valence-electron chi connectivity index (χ4n) is 0.0781. The Hall–Kier alpha value is 0.650. The van der Waals surface area contributed by atoms with Crippen molar-refractivity contribution in [3.63, 3.8) is 0 Å². The fourth-order valence-corrected chi connectivity index (χ4v) is 0.0781. The van der Waals surface area contributed by atoms with E-state index in [1.54, 1.807) is 0 Å². The average Bonchev–Trinajstić information content (AvgIpc) is 1.65. The monoisotopic (exact) mass is 146 g/mol. The van der Waals surface area contributed by atoms with Gasteiger partial charge in [-0.15, -0.1) is 0 Å². The number of aliphatic carboxylic acids is 1. The maximum atomic E-state index is 9.52. The molecule has 0 radical (unpaired) electrons. The summed E-state index contributed by atoms with van der Waals surface area (Å²) in [5.41, 5.74) is 0. The van der Waals surface area contributed by atoms with Gasteiger partial charge in [-0.2, -0.15) is 0 Å². The first-order valence-electron chi connectivity index (χ1n) is 1.70. The third-order valence-electron chi connectivity index (χ3n) is 0.458. The smallest absolute Gasteiger partial charge is 0.479 e.